The molecule has 38 heavy (non-hydrogen) atoms. The minimum Gasteiger partial charge on any atom is -0.549 e. The van der Waals surface area contributed by atoms with Crippen molar-refractivity contribution in [3.05, 3.63) is 0 Å². The van der Waals surface area contributed by atoms with Gasteiger partial charge in [-0.3, -0.25) is 24.3 Å². The van der Waals surface area contributed by atoms with E-state index in [1.54, 1.807) is 9.80 Å². The van der Waals surface area contributed by atoms with Crippen LogP contribution in [0.4, 0.5) is 0 Å². The summed E-state index contributed by atoms with van der Waals surface area (Å²) in [6.07, 6.45) is 0. The maximum atomic E-state index is 12.5. The molecule has 210 valence electrons. The van der Waals surface area contributed by atoms with Crippen molar-refractivity contribution in [2.45, 2.75) is 0 Å². The molecule has 0 saturated carbocycles. The Kier molecular flexibility index (Phi) is 16.1. The van der Waals surface area contributed by atoms with Gasteiger partial charge in [-0.05, 0) is 0 Å². The Labute approximate surface area is 234 Å². The second-order valence-electron chi connectivity index (χ2n) is 8.80. The quantitative estimate of drug-likeness (QED) is 0.153. The van der Waals surface area contributed by atoms with Crippen LogP contribution in [0.2, 0.25) is 0 Å². The fourth-order valence-corrected chi connectivity index (χ4v) is 4.02. The SMILES string of the molecule is O=C([O-])CN(CCN(CC(=O)[O-])CC(=O)N1CCOCC1)CCN(CC(=O)[O-])CC(=O)N1CCOCC1.[Ga+3]. The predicted octanol–water partition coefficient (Wildman–Crippen LogP) is -7.52. The van der Waals surface area contributed by atoms with Crippen molar-refractivity contribution in [1.29, 1.82) is 0 Å². The second-order valence-corrected chi connectivity index (χ2v) is 8.80. The number of hydrogen-bond acceptors (Lipinski definition) is 13. The summed E-state index contributed by atoms with van der Waals surface area (Å²) in [5, 5.41) is 33.7. The summed E-state index contributed by atoms with van der Waals surface area (Å²) in [5.74, 6) is -4.71. The summed E-state index contributed by atoms with van der Waals surface area (Å²) in [5.41, 5.74) is 0. The fourth-order valence-electron chi connectivity index (χ4n) is 4.02. The number of carboxylic acid groups (broad SMARTS) is 3. The number of ether oxygens (including phenoxy) is 2. The van der Waals surface area contributed by atoms with Gasteiger partial charge in [-0.15, -0.1) is 0 Å². The minimum atomic E-state index is -1.39. The van der Waals surface area contributed by atoms with Gasteiger partial charge in [0, 0.05) is 72.0 Å². The number of nitrogens with zero attached hydrogens (tertiary/aromatic N) is 5. The topological polar surface area (TPSA) is 189 Å². The van der Waals surface area contributed by atoms with E-state index in [9.17, 15) is 39.3 Å². The molecule has 0 aromatic rings. The molecule has 0 unspecified atom stereocenters. The van der Waals surface area contributed by atoms with Crippen LogP contribution in [0.3, 0.4) is 0 Å². The number of carboxylic acids is 3. The van der Waals surface area contributed by atoms with Crippen LogP contribution in [0.5, 0.6) is 0 Å². The smallest absolute Gasteiger partial charge is 0.549 e. The van der Waals surface area contributed by atoms with Crippen molar-refractivity contribution < 1.29 is 48.8 Å². The molecule has 0 N–H and O–H groups in total. The van der Waals surface area contributed by atoms with E-state index >= 15 is 0 Å². The maximum absolute atomic E-state index is 12.5. The average molecular weight is 598 g/mol. The molecule has 2 aliphatic heterocycles. The Bertz CT molecular complexity index is 736. The van der Waals surface area contributed by atoms with Gasteiger partial charge in [0.25, 0.3) is 0 Å². The third kappa shape index (κ3) is 13.5. The molecule has 15 nitrogen and oxygen atoms in total. The van der Waals surface area contributed by atoms with Gasteiger partial charge in [0.05, 0.1) is 57.4 Å². The van der Waals surface area contributed by atoms with E-state index < -0.39 is 37.5 Å². The van der Waals surface area contributed by atoms with Crippen molar-refractivity contribution in [2.24, 2.45) is 0 Å². The molecule has 2 heterocycles. The van der Waals surface area contributed by atoms with Crippen LogP contribution in [-0.4, -0.2) is 186 Å². The van der Waals surface area contributed by atoms with Crippen molar-refractivity contribution in [1.82, 2.24) is 24.5 Å². The van der Waals surface area contributed by atoms with Crippen molar-refractivity contribution in [3.63, 3.8) is 0 Å². The van der Waals surface area contributed by atoms with E-state index in [0.717, 1.165) is 0 Å². The Morgan fingerprint density at radius 1 is 0.526 bits per heavy atom. The Morgan fingerprint density at radius 3 is 1.13 bits per heavy atom. The molecule has 2 fully saturated rings. The zero-order valence-corrected chi connectivity index (χ0v) is 23.8. The molecule has 0 spiro atoms. The first-order chi connectivity index (χ1) is 17.6. The van der Waals surface area contributed by atoms with Crippen LogP contribution in [-0.2, 0) is 33.4 Å². The van der Waals surface area contributed by atoms with Crippen LogP contribution in [0.15, 0.2) is 0 Å². The van der Waals surface area contributed by atoms with Gasteiger partial charge in [0.15, 0.2) is 0 Å². The first-order valence-corrected chi connectivity index (χ1v) is 12.1. The average Bonchev–Trinajstić information content (AvgIpc) is 2.85. The first-order valence-electron chi connectivity index (χ1n) is 12.1. The zero-order chi connectivity index (χ0) is 27.2. The third-order valence-corrected chi connectivity index (χ3v) is 5.97. The van der Waals surface area contributed by atoms with Gasteiger partial charge in [0.2, 0.25) is 11.8 Å². The number of aliphatic carboxylic acids is 3. The molecule has 2 amide bonds. The summed E-state index contributed by atoms with van der Waals surface area (Å²) in [6.45, 7) is 1.35. The van der Waals surface area contributed by atoms with Crippen LogP contribution in [0, 0.1) is 0 Å². The van der Waals surface area contributed by atoms with Crippen LogP contribution < -0.4 is 15.3 Å². The van der Waals surface area contributed by atoms with Gasteiger partial charge in [-0.2, -0.15) is 0 Å². The van der Waals surface area contributed by atoms with Crippen molar-refractivity contribution in [2.75, 3.05) is 112 Å². The summed E-state index contributed by atoms with van der Waals surface area (Å²) >= 11 is 0. The van der Waals surface area contributed by atoms with Gasteiger partial charge >= 0.3 is 19.8 Å². The van der Waals surface area contributed by atoms with Gasteiger partial charge in [-0.1, -0.05) is 0 Å². The molecule has 0 aromatic heterocycles. The molecule has 0 aliphatic carbocycles. The summed E-state index contributed by atoms with van der Waals surface area (Å²) in [4.78, 5) is 66.1. The maximum Gasteiger partial charge on any atom is 3.00 e. The van der Waals surface area contributed by atoms with Gasteiger partial charge in [0.1, 0.15) is 0 Å². The summed E-state index contributed by atoms with van der Waals surface area (Å²) in [6, 6.07) is 0. The molecule has 16 heteroatoms. The van der Waals surface area contributed by atoms with Crippen LogP contribution in [0.1, 0.15) is 0 Å². The molecular weight excluding hydrogens is 564 g/mol. The molecule has 2 saturated heterocycles. The van der Waals surface area contributed by atoms with Crippen LogP contribution >= 0.6 is 0 Å². The molecule has 0 radical (unpaired) electrons. The number of morpholine rings is 2. The number of carbonyl (C=O) groups is 5. The summed E-state index contributed by atoms with van der Waals surface area (Å²) < 4.78 is 10.4. The number of carbonyl (C=O) groups excluding carboxylic acids is 5. The van der Waals surface area contributed by atoms with E-state index in [2.05, 4.69) is 0 Å². The first kappa shape index (κ1) is 33.8. The fraction of sp³-hybridized carbons (Fsp3) is 0.773. The predicted molar refractivity (Wildman–Crippen MR) is 125 cm³/mol. The Morgan fingerprint density at radius 2 is 0.816 bits per heavy atom. The van der Waals surface area contributed by atoms with E-state index in [1.165, 1.54) is 14.7 Å². The zero-order valence-electron chi connectivity index (χ0n) is 21.4. The third-order valence-electron chi connectivity index (χ3n) is 5.97. The monoisotopic (exact) mass is 597 g/mol. The standard InChI is InChI=1S/C22H37N5O10.Ga/c28-18(26-5-9-36-10-6-26)13-24(16-21(32)33)3-1-23(15-20(30)31)2-4-25(17-22(34)35)14-19(29)27-7-11-37-12-8-27;/h1-17H2,(H,30,31)(H,32,33)(H,34,35);/q;+3/p-3. The minimum absolute atomic E-state index is 0. The normalized spacial score (nSPS) is 16.0. The Balaban J connectivity index is 0.00000722. The van der Waals surface area contributed by atoms with Crippen molar-refractivity contribution in [3.8, 4) is 0 Å². The molecule has 0 aromatic carbocycles. The molecule has 0 atom stereocenters. The van der Waals surface area contributed by atoms with E-state index in [1.807, 2.05) is 0 Å². The van der Waals surface area contributed by atoms with Crippen molar-refractivity contribution >= 4 is 49.5 Å². The van der Waals surface area contributed by atoms with E-state index in [0.29, 0.717) is 52.6 Å². The van der Waals surface area contributed by atoms with Gasteiger partial charge in [-0.25, -0.2) is 0 Å². The number of hydrogen-bond donors (Lipinski definition) is 0. The molecule has 2 aliphatic rings. The second kappa shape index (κ2) is 18.1. The molecule has 2 rings (SSSR count). The van der Waals surface area contributed by atoms with E-state index in [4.69, 9.17) is 9.47 Å². The largest absolute Gasteiger partial charge is 3.00 e. The molecule has 0 bridgehead atoms. The Hall–Kier alpha value is -2.21. The number of amides is 2. The van der Waals surface area contributed by atoms with Crippen LogP contribution in [0.25, 0.3) is 0 Å². The van der Waals surface area contributed by atoms with Gasteiger partial charge < -0.3 is 49.0 Å². The van der Waals surface area contributed by atoms with E-state index in [-0.39, 0.29) is 70.9 Å². The number of rotatable bonds is 16. The molecular formula is C22H34GaN5O10. The summed E-state index contributed by atoms with van der Waals surface area (Å²) in [7, 11) is 0.